The minimum Gasteiger partial charge on any atom is -0.387 e. The van der Waals surface area contributed by atoms with Crippen molar-refractivity contribution in [2.45, 2.75) is 25.7 Å². The number of dihydropyridines is 1. The second-order valence-electron chi connectivity index (χ2n) is 5.45. The second-order valence-corrected chi connectivity index (χ2v) is 5.86. The highest BCUT2D eigenvalue weighted by Gasteiger charge is 2.28. The monoisotopic (exact) mass is 269 g/mol. The normalized spacial score (nSPS) is 24.8. The van der Waals surface area contributed by atoms with Gasteiger partial charge < -0.3 is 5.32 Å². The lowest BCUT2D eigenvalue weighted by Gasteiger charge is -2.28. The van der Waals surface area contributed by atoms with Crippen LogP contribution < -0.4 is 5.32 Å². The second kappa shape index (κ2) is 4.28. The van der Waals surface area contributed by atoms with E-state index in [-0.39, 0.29) is 0 Å². The SMILES string of the molecule is ClC1=CCC2=C3C1=CCC1=C(C=CCC1)C3=CNC2. The Kier molecular flexibility index (Phi) is 2.56. The molecule has 0 fully saturated rings. The lowest BCUT2D eigenvalue weighted by molar-refractivity contribution is 0.856. The third-order valence-electron chi connectivity index (χ3n) is 4.36. The van der Waals surface area contributed by atoms with Crippen LogP contribution in [0.15, 0.2) is 69.0 Å². The fraction of sp³-hybridized carbons (Fsp3) is 0.294. The Morgan fingerprint density at radius 2 is 1.95 bits per heavy atom. The van der Waals surface area contributed by atoms with Crippen LogP contribution in [0, 0.1) is 0 Å². The maximum atomic E-state index is 6.45. The molecule has 96 valence electrons. The van der Waals surface area contributed by atoms with Crippen LogP contribution in [0.2, 0.25) is 0 Å². The average molecular weight is 270 g/mol. The van der Waals surface area contributed by atoms with Crippen molar-refractivity contribution >= 4 is 11.6 Å². The zero-order chi connectivity index (χ0) is 12.8. The van der Waals surface area contributed by atoms with Crippen molar-refractivity contribution in [3.05, 3.63) is 69.0 Å². The molecule has 4 aliphatic rings. The van der Waals surface area contributed by atoms with Crippen molar-refractivity contribution in [1.82, 2.24) is 5.32 Å². The molecule has 0 aromatic rings. The van der Waals surface area contributed by atoms with Crippen molar-refractivity contribution in [1.29, 1.82) is 0 Å². The average Bonchev–Trinajstić information content (AvgIpc) is 2.62. The molecule has 3 aliphatic carbocycles. The van der Waals surface area contributed by atoms with E-state index in [1.54, 1.807) is 5.57 Å². The summed E-state index contributed by atoms with van der Waals surface area (Å²) < 4.78 is 0. The van der Waals surface area contributed by atoms with E-state index in [2.05, 4.69) is 35.8 Å². The van der Waals surface area contributed by atoms with Gasteiger partial charge in [0.2, 0.25) is 0 Å². The zero-order valence-electron chi connectivity index (χ0n) is 10.8. The van der Waals surface area contributed by atoms with E-state index in [4.69, 9.17) is 11.6 Å². The van der Waals surface area contributed by atoms with Gasteiger partial charge in [-0.1, -0.05) is 41.5 Å². The standard InChI is InChI=1S/C17H16ClN/c18-16-8-6-12-9-19-10-15-13-4-2-1-3-11(13)5-7-14(16)17(12)15/h2,4,7-8,10,19H,1,3,5-6,9H2. The topological polar surface area (TPSA) is 12.0 Å². The Morgan fingerprint density at radius 3 is 2.89 bits per heavy atom. The van der Waals surface area contributed by atoms with E-state index in [0.717, 1.165) is 30.8 Å². The molecule has 0 amide bonds. The Bertz CT molecular complexity index is 638. The van der Waals surface area contributed by atoms with Gasteiger partial charge in [-0.2, -0.15) is 0 Å². The summed E-state index contributed by atoms with van der Waals surface area (Å²) in [4.78, 5) is 0. The molecule has 0 aromatic carbocycles. The number of rotatable bonds is 0. The first kappa shape index (κ1) is 11.4. The molecule has 0 spiro atoms. The molecule has 1 heterocycles. The van der Waals surface area contributed by atoms with E-state index in [1.807, 2.05) is 0 Å². The van der Waals surface area contributed by atoms with Crippen LogP contribution in [0.25, 0.3) is 0 Å². The summed E-state index contributed by atoms with van der Waals surface area (Å²) in [5.41, 5.74) is 8.43. The lowest BCUT2D eigenvalue weighted by atomic mass is 9.82. The molecule has 2 heteroatoms. The van der Waals surface area contributed by atoms with Crippen LogP contribution in [0.5, 0.6) is 0 Å². The third kappa shape index (κ3) is 1.68. The number of allylic oxidation sites excluding steroid dienone is 10. The summed E-state index contributed by atoms with van der Waals surface area (Å²) in [6.07, 6.45) is 15.6. The van der Waals surface area contributed by atoms with Crippen LogP contribution in [-0.4, -0.2) is 6.54 Å². The first-order valence-electron chi connectivity index (χ1n) is 6.96. The molecule has 0 saturated carbocycles. The van der Waals surface area contributed by atoms with E-state index >= 15 is 0 Å². The summed E-state index contributed by atoms with van der Waals surface area (Å²) in [6.45, 7) is 0.948. The summed E-state index contributed by atoms with van der Waals surface area (Å²) in [6, 6.07) is 0. The molecule has 1 aliphatic heterocycles. The molecule has 1 N–H and O–H groups in total. The maximum Gasteiger partial charge on any atom is 0.0444 e. The fourth-order valence-electron chi connectivity index (χ4n) is 3.42. The van der Waals surface area contributed by atoms with Crippen LogP contribution in [0.4, 0.5) is 0 Å². The molecule has 0 unspecified atom stereocenters. The Balaban J connectivity index is 1.94. The van der Waals surface area contributed by atoms with Crippen molar-refractivity contribution in [3.63, 3.8) is 0 Å². The maximum absolute atomic E-state index is 6.45. The Morgan fingerprint density at radius 1 is 1.05 bits per heavy atom. The van der Waals surface area contributed by atoms with E-state index in [0.29, 0.717) is 0 Å². The Hall–Kier alpha value is -1.47. The molecule has 0 atom stereocenters. The minimum atomic E-state index is 0.926. The molecule has 0 radical (unpaired) electrons. The van der Waals surface area contributed by atoms with E-state index in [1.165, 1.54) is 34.3 Å². The number of hydrogen-bond acceptors (Lipinski definition) is 1. The summed E-state index contributed by atoms with van der Waals surface area (Å²) in [7, 11) is 0. The van der Waals surface area contributed by atoms with Crippen molar-refractivity contribution in [2.75, 3.05) is 6.54 Å². The van der Waals surface area contributed by atoms with Gasteiger partial charge in [0.25, 0.3) is 0 Å². The van der Waals surface area contributed by atoms with Crippen molar-refractivity contribution < 1.29 is 0 Å². The number of halogens is 1. The molecule has 4 rings (SSSR count). The first-order chi connectivity index (χ1) is 9.34. The van der Waals surface area contributed by atoms with Crippen LogP contribution in [0.1, 0.15) is 25.7 Å². The van der Waals surface area contributed by atoms with E-state index < -0.39 is 0 Å². The van der Waals surface area contributed by atoms with Gasteiger partial charge in [-0.05, 0) is 48.0 Å². The van der Waals surface area contributed by atoms with Crippen LogP contribution >= 0.6 is 11.6 Å². The van der Waals surface area contributed by atoms with Gasteiger partial charge in [-0.25, -0.2) is 0 Å². The van der Waals surface area contributed by atoms with Gasteiger partial charge in [0.1, 0.15) is 0 Å². The molecule has 0 aromatic heterocycles. The number of nitrogens with one attached hydrogen (secondary N) is 1. The molecule has 0 bridgehead atoms. The van der Waals surface area contributed by atoms with Crippen LogP contribution in [-0.2, 0) is 0 Å². The predicted molar refractivity (Wildman–Crippen MR) is 79.8 cm³/mol. The van der Waals surface area contributed by atoms with Crippen molar-refractivity contribution in [2.24, 2.45) is 0 Å². The lowest BCUT2D eigenvalue weighted by Crippen LogP contribution is -2.21. The Labute approximate surface area is 118 Å². The zero-order valence-corrected chi connectivity index (χ0v) is 11.6. The minimum absolute atomic E-state index is 0.926. The first-order valence-corrected chi connectivity index (χ1v) is 7.34. The number of hydrogen-bond donors (Lipinski definition) is 1. The third-order valence-corrected chi connectivity index (χ3v) is 4.72. The molecule has 0 saturated heterocycles. The van der Waals surface area contributed by atoms with E-state index in [9.17, 15) is 0 Å². The van der Waals surface area contributed by atoms with Gasteiger partial charge >= 0.3 is 0 Å². The highest BCUT2D eigenvalue weighted by Crippen LogP contribution is 2.45. The summed E-state index contributed by atoms with van der Waals surface area (Å²) >= 11 is 6.45. The smallest absolute Gasteiger partial charge is 0.0444 e. The molecular formula is C17H16ClN. The fourth-order valence-corrected chi connectivity index (χ4v) is 3.67. The summed E-state index contributed by atoms with van der Waals surface area (Å²) in [5.74, 6) is 0. The van der Waals surface area contributed by atoms with Crippen LogP contribution in [0.3, 0.4) is 0 Å². The van der Waals surface area contributed by atoms with Gasteiger partial charge in [0.05, 0.1) is 0 Å². The molecule has 19 heavy (non-hydrogen) atoms. The van der Waals surface area contributed by atoms with Gasteiger partial charge in [-0.15, -0.1) is 0 Å². The highest BCUT2D eigenvalue weighted by atomic mass is 35.5. The van der Waals surface area contributed by atoms with Crippen molar-refractivity contribution in [3.8, 4) is 0 Å². The van der Waals surface area contributed by atoms with Gasteiger partial charge in [0.15, 0.2) is 0 Å². The number of fused-ring (bicyclic) bond motifs is 1. The van der Waals surface area contributed by atoms with Gasteiger partial charge in [0, 0.05) is 23.4 Å². The highest BCUT2D eigenvalue weighted by molar-refractivity contribution is 6.32. The summed E-state index contributed by atoms with van der Waals surface area (Å²) in [5, 5.41) is 4.35. The predicted octanol–water partition coefficient (Wildman–Crippen LogP) is 4.27. The largest absolute Gasteiger partial charge is 0.387 e. The quantitative estimate of drug-likeness (QED) is 0.692. The van der Waals surface area contributed by atoms with Gasteiger partial charge in [-0.3, -0.25) is 0 Å². The molecule has 1 nitrogen and oxygen atoms in total. The molecular weight excluding hydrogens is 254 g/mol.